The van der Waals surface area contributed by atoms with Crippen LogP contribution in [0, 0.1) is 6.92 Å². The first-order chi connectivity index (χ1) is 11.6. The van der Waals surface area contributed by atoms with Gasteiger partial charge < -0.3 is 4.52 Å². The Morgan fingerprint density at radius 2 is 1.42 bits per heavy atom. The Balaban J connectivity index is 1.87. The van der Waals surface area contributed by atoms with Crippen LogP contribution in [0.4, 0.5) is 11.4 Å². The van der Waals surface area contributed by atoms with Crippen LogP contribution in [-0.4, -0.2) is 9.97 Å². The van der Waals surface area contributed by atoms with E-state index in [0.29, 0.717) is 17.1 Å². The molecule has 0 aliphatic heterocycles. The van der Waals surface area contributed by atoms with E-state index in [1.807, 2.05) is 19.1 Å². The highest BCUT2D eigenvalue weighted by Gasteiger charge is 2.25. The molecule has 0 fully saturated rings. The molecule has 0 saturated heterocycles. The van der Waals surface area contributed by atoms with E-state index in [2.05, 4.69) is 20.1 Å². The van der Waals surface area contributed by atoms with Crippen LogP contribution in [0.3, 0.4) is 0 Å². The van der Waals surface area contributed by atoms with Gasteiger partial charge in [-0.05, 0) is 43.3 Å². The number of pyridine rings is 2. The zero-order valence-electron chi connectivity index (χ0n) is 13.1. The second kappa shape index (κ2) is 7.15. The molecule has 3 aromatic rings. The summed E-state index contributed by atoms with van der Waals surface area (Å²) < 4.78 is 19.0. The molecule has 7 heteroatoms. The van der Waals surface area contributed by atoms with Gasteiger partial charge in [0.05, 0.1) is 23.8 Å². The second-order valence-corrected chi connectivity index (χ2v) is 6.90. The maximum atomic E-state index is 13.3. The van der Waals surface area contributed by atoms with Crippen LogP contribution in [0.2, 0.25) is 0 Å². The lowest BCUT2D eigenvalue weighted by atomic mass is 10.2. The normalized spacial score (nSPS) is 10.9. The number of aromatic nitrogens is 2. The van der Waals surface area contributed by atoms with Crippen LogP contribution < -0.4 is 14.7 Å². The lowest BCUT2D eigenvalue weighted by molar-refractivity contribution is 0.493. The van der Waals surface area contributed by atoms with Crippen molar-refractivity contribution in [2.45, 2.75) is 6.92 Å². The van der Waals surface area contributed by atoms with E-state index in [-0.39, 0.29) is 0 Å². The summed E-state index contributed by atoms with van der Waals surface area (Å²) in [5, 5.41) is 5.80. The smallest absolute Gasteiger partial charge is 0.414 e. The number of aryl methyl sites for hydroxylation is 1. The minimum Gasteiger partial charge on any atom is -0.414 e. The zero-order valence-corrected chi connectivity index (χ0v) is 14.0. The summed E-state index contributed by atoms with van der Waals surface area (Å²) in [6.07, 6.45) is 6.45. The van der Waals surface area contributed by atoms with E-state index < -0.39 is 7.67 Å². The highest BCUT2D eigenvalue weighted by atomic mass is 31.2. The van der Waals surface area contributed by atoms with Gasteiger partial charge in [-0.25, -0.2) is 4.57 Å². The Morgan fingerprint density at radius 1 is 0.875 bits per heavy atom. The Labute approximate surface area is 140 Å². The molecule has 0 atom stereocenters. The van der Waals surface area contributed by atoms with Gasteiger partial charge in [0.2, 0.25) is 0 Å². The molecule has 0 aliphatic rings. The fourth-order valence-electron chi connectivity index (χ4n) is 2.02. The molecular formula is C17H17N4O2P. The lowest BCUT2D eigenvalue weighted by Crippen LogP contribution is -2.12. The number of hydrogen-bond acceptors (Lipinski definition) is 4. The molecule has 0 aliphatic carbocycles. The molecule has 0 radical (unpaired) electrons. The van der Waals surface area contributed by atoms with E-state index in [1.54, 1.807) is 61.2 Å². The van der Waals surface area contributed by atoms with Crippen molar-refractivity contribution >= 4 is 19.0 Å². The largest absolute Gasteiger partial charge is 0.444 e. The molecule has 0 bridgehead atoms. The summed E-state index contributed by atoms with van der Waals surface area (Å²) in [5.41, 5.74) is 2.27. The summed E-state index contributed by atoms with van der Waals surface area (Å²) in [5.74, 6) is 0.497. The van der Waals surface area contributed by atoms with Gasteiger partial charge >= 0.3 is 7.67 Å². The molecule has 24 heavy (non-hydrogen) atoms. The number of hydrogen-bond donors (Lipinski definition) is 2. The summed E-state index contributed by atoms with van der Waals surface area (Å²) in [6.45, 7) is 1.98. The van der Waals surface area contributed by atoms with Gasteiger partial charge in [-0.2, -0.15) is 0 Å². The highest BCUT2D eigenvalue weighted by Crippen LogP contribution is 2.46. The summed E-state index contributed by atoms with van der Waals surface area (Å²) in [4.78, 5) is 8.03. The molecule has 0 saturated carbocycles. The maximum Gasteiger partial charge on any atom is 0.444 e. The molecule has 0 amide bonds. The van der Waals surface area contributed by atoms with Gasteiger partial charge in [0.15, 0.2) is 0 Å². The topological polar surface area (TPSA) is 76.1 Å². The number of benzene rings is 1. The first-order valence-electron chi connectivity index (χ1n) is 7.36. The Kier molecular flexibility index (Phi) is 4.77. The molecule has 2 aromatic heterocycles. The molecule has 1 aromatic carbocycles. The molecule has 2 heterocycles. The van der Waals surface area contributed by atoms with Crippen LogP contribution in [0.15, 0.2) is 73.3 Å². The van der Waals surface area contributed by atoms with Crippen molar-refractivity contribution in [3.05, 3.63) is 78.9 Å². The Bertz CT molecular complexity index is 781. The number of anilines is 2. The Hall–Kier alpha value is -2.85. The molecular weight excluding hydrogens is 323 g/mol. The van der Waals surface area contributed by atoms with Crippen LogP contribution in [-0.2, 0) is 4.57 Å². The number of rotatable bonds is 6. The third kappa shape index (κ3) is 4.33. The molecule has 2 N–H and O–H groups in total. The van der Waals surface area contributed by atoms with E-state index in [0.717, 1.165) is 5.56 Å². The van der Waals surface area contributed by atoms with Crippen molar-refractivity contribution in [2.24, 2.45) is 0 Å². The fraction of sp³-hybridized carbons (Fsp3) is 0.0588. The zero-order chi connectivity index (χ0) is 16.8. The number of nitrogens with one attached hydrogen (secondary N) is 2. The SMILES string of the molecule is Cc1ccc(OP(=O)(Nc2cccnc2)Nc2cccnc2)cc1. The highest BCUT2D eigenvalue weighted by molar-refractivity contribution is 7.62. The molecule has 0 spiro atoms. The van der Waals surface area contributed by atoms with Crippen LogP contribution in [0.1, 0.15) is 5.56 Å². The third-order valence-electron chi connectivity index (χ3n) is 3.13. The molecule has 122 valence electrons. The average Bonchev–Trinajstić information content (AvgIpc) is 2.58. The molecule has 3 rings (SSSR count). The third-order valence-corrected chi connectivity index (χ3v) is 4.70. The van der Waals surface area contributed by atoms with E-state index in [9.17, 15) is 4.57 Å². The summed E-state index contributed by atoms with van der Waals surface area (Å²) in [6, 6.07) is 14.4. The predicted octanol–water partition coefficient (Wildman–Crippen LogP) is 4.50. The first kappa shape index (κ1) is 16.0. The summed E-state index contributed by atoms with van der Waals surface area (Å²) >= 11 is 0. The van der Waals surface area contributed by atoms with E-state index >= 15 is 0 Å². The van der Waals surface area contributed by atoms with Crippen molar-refractivity contribution in [3.8, 4) is 5.75 Å². The van der Waals surface area contributed by atoms with Crippen LogP contribution in [0.25, 0.3) is 0 Å². The van der Waals surface area contributed by atoms with Gasteiger partial charge in [0.1, 0.15) is 5.75 Å². The van der Waals surface area contributed by atoms with Gasteiger partial charge in [-0.15, -0.1) is 0 Å². The van der Waals surface area contributed by atoms with Crippen molar-refractivity contribution in [1.82, 2.24) is 9.97 Å². The average molecular weight is 340 g/mol. The van der Waals surface area contributed by atoms with E-state index in [4.69, 9.17) is 4.52 Å². The number of nitrogens with zero attached hydrogens (tertiary/aromatic N) is 2. The van der Waals surface area contributed by atoms with Crippen molar-refractivity contribution in [2.75, 3.05) is 10.2 Å². The summed E-state index contributed by atoms with van der Waals surface area (Å²) in [7, 11) is -3.48. The van der Waals surface area contributed by atoms with Gasteiger partial charge in [0, 0.05) is 12.4 Å². The van der Waals surface area contributed by atoms with Crippen LogP contribution >= 0.6 is 7.67 Å². The molecule has 6 nitrogen and oxygen atoms in total. The monoisotopic (exact) mass is 340 g/mol. The quantitative estimate of drug-likeness (QED) is 0.644. The van der Waals surface area contributed by atoms with Gasteiger partial charge in [0.25, 0.3) is 0 Å². The standard InChI is InChI=1S/C17H17N4O2P/c1-14-6-8-17(9-7-14)23-24(22,20-15-4-2-10-18-12-15)21-16-5-3-11-19-13-16/h2-13H,1H3,(H2,20,21,22). The predicted molar refractivity (Wildman–Crippen MR) is 95.1 cm³/mol. The van der Waals surface area contributed by atoms with Gasteiger partial charge in [-0.1, -0.05) is 17.7 Å². The van der Waals surface area contributed by atoms with E-state index in [1.165, 1.54) is 0 Å². The minimum atomic E-state index is -3.48. The van der Waals surface area contributed by atoms with Crippen molar-refractivity contribution < 1.29 is 9.09 Å². The maximum absolute atomic E-state index is 13.3. The second-order valence-electron chi connectivity index (χ2n) is 5.16. The fourth-order valence-corrected chi connectivity index (χ4v) is 3.53. The van der Waals surface area contributed by atoms with Crippen molar-refractivity contribution in [3.63, 3.8) is 0 Å². The van der Waals surface area contributed by atoms with Gasteiger partial charge in [-0.3, -0.25) is 20.1 Å². The van der Waals surface area contributed by atoms with Crippen LogP contribution in [0.5, 0.6) is 5.75 Å². The van der Waals surface area contributed by atoms with Crippen molar-refractivity contribution in [1.29, 1.82) is 0 Å². The Morgan fingerprint density at radius 3 is 1.88 bits per heavy atom. The first-order valence-corrected chi connectivity index (χ1v) is 8.98. The lowest BCUT2D eigenvalue weighted by Gasteiger charge is -2.22. The molecule has 0 unspecified atom stereocenters. The minimum absolute atomic E-state index is 0.497.